The minimum atomic E-state index is -0.779. The smallest absolute Gasteiger partial charge is 0.323 e. The number of nitrogens with one attached hydrogen (secondary N) is 3. The first-order valence-corrected chi connectivity index (χ1v) is 11.1. The molecule has 1 saturated heterocycles. The highest BCUT2D eigenvalue weighted by atomic mass is 32.1. The van der Waals surface area contributed by atoms with Gasteiger partial charge in [0, 0.05) is 17.8 Å². The Morgan fingerprint density at radius 3 is 2.59 bits per heavy atom. The highest BCUT2D eigenvalue weighted by Gasteiger charge is 2.51. The molecular formula is C20H26N4O4S. The van der Waals surface area contributed by atoms with Crippen molar-refractivity contribution in [1.29, 1.82) is 0 Å². The van der Waals surface area contributed by atoms with Crippen molar-refractivity contribution in [1.82, 2.24) is 21.1 Å². The van der Waals surface area contributed by atoms with E-state index in [0.29, 0.717) is 17.7 Å². The third-order valence-electron chi connectivity index (χ3n) is 6.05. The molecule has 9 heteroatoms. The van der Waals surface area contributed by atoms with Crippen molar-refractivity contribution >= 4 is 35.1 Å². The summed E-state index contributed by atoms with van der Waals surface area (Å²) in [5, 5.41) is 2.83. The number of urea groups is 1. The summed E-state index contributed by atoms with van der Waals surface area (Å²) in [7, 11) is 0. The molecule has 3 N–H and O–H groups in total. The van der Waals surface area contributed by atoms with E-state index in [2.05, 4.69) is 16.2 Å². The maximum Gasteiger partial charge on any atom is 0.325 e. The molecule has 1 saturated carbocycles. The fourth-order valence-corrected chi connectivity index (χ4v) is 5.59. The van der Waals surface area contributed by atoms with E-state index in [9.17, 15) is 19.2 Å². The van der Waals surface area contributed by atoms with E-state index < -0.39 is 17.5 Å². The van der Waals surface area contributed by atoms with Crippen molar-refractivity contribution in [2.45, 2.75) is 69.7 Å². The van der Waals surface area contributed by atoms with Crippen molar-refractivity contribution in [3.05, 3.63) is 21.4 Å². The molecule has 4 rings (SSSR count). The summed E-state index contributed by atoms with van der Waals surface area (Å²) in [5.74, 6) is -1.01. The van der Waals surface area contributed by atoms with Gasteiger partial charge in [-0.05, 0) is 50.2 Å². The highest BCUT2D eigenvalue weighted by Crippen LogP contribution is 2.33. The maximum absolute atomic E-state index is 12.7. The zero-order valence-corrected chi connectivity index (χ0v) is 17.2. The first kappa shape index (κ1) is 19.9. The number of carbonyl (C=O) groups excluding carboxylic acids is 4. The number of hydrogen-bond acceptors (Lipinski definition) is 5. The van der Waals surface area contributed by atoms with Crippen molar-refractivity contribution in [3.63, 3.8) is 0 Å². The molecule has 0 bridgehead atoms. The molecule has 5 amide bonds. The third-order valence-corrected chi connectivity index (χ3v) is 7.29. The average Bonchev–Trinajstić information content (AvgIpc) is 3.25. The largest absolute Gasteiger partial charge is 0.325 e. The van der Waals surface area contributed by atoms with E-state index in [1.807, 2.05) is 6.07 Å². The standard InChI is InChI=1S/C20H26N4O4S/c25-16(22-23-17(26)15-12-13-6-2-3-7-14(13)29-15)8-11-24-18(27)20(21-19(24)28)9-4-1-5-10-20/h12H,1-11H2,(H,21,28)(H,22,25)(H,23,26). The molecule has 0 aromatic carbocycles. The molecule has 1 aromatic heterocycles. The summed E-state index contributed by atoms with van der Waals surface area (Å²) in [6.45, 7) is 0.00141. The van der Waals surface area contributed by atoms with Gasteiger partial charge >= 0.3 is 6.03 Å². The van der Waals surface area contributed by atoms with Gasteiger partial charge in [0.05, 0.1) is 4.88 Å². The Balaban J connectivity index is 1.26. The van der Waals surface area contributed by atoms with Gasteiger partial charge in [-0.3, -0.25) is 30.1 Å². The number of aryl methyl sites for hydroxylation is 2. The normalized spacial score (nSPS) is 20.3. The molecule has 2 heterocycles. The molecule has 0 atom stereocenters. The van der Waals surface area contributed by atoms with E-state index in [-0.39, 0.29) is 24.8 Å². The fraction of sp³-hybridized carbons (Fsp3) is 0.600. The van der Waals surface area contributed by atoms with Gasteiger partial charge in [-0.1, -0.05) is 19.3 Å². The van der Waals surface area contributed by atoms with Crippen LogP contribution in [0.1, 0.15) is 71.5 Å². The topological polar surface area (TPSA) is 108 Å². The number of amides is 5. The average molecular weight is 419 g/mol. The maximum atomic E-state index is 12.7. The summed E-state index contributed by atoms with van der Waals surface area (Å²) in [6, 6.07) is 1.47. The number of fused-ring (bicyclic) bond motifs is 1. The molecule has 0 unspecified atom stereocenters. The lowest BCUT2D eigenvalue weighted by Gasteiger charge is -2.30. The molecule has 8 nitrogen and oxygen atoms in total. The quantitative estimate of drug-likeness (QED) is 0.514. The van der Waals surface area contributed by atoms with Crippen LogP contribution >= 0.6 is 11.3 Å². The lowest BCUT2D eigenvalue weighted by molar-refractivity contribution is -0.132. The van der Waals surface area contributed by atoms with E-state index in [0.717, 1.165) is 49.8 Å². The molecule has 1 spiro atoms. The number of hydrogen-bond donors (Lipinski definition) is 3. The summed E-state index contributed by atoms with van der Waals surface area (Å²) in [4.78, 5) is 52.3. The van der Waals surface area contributed by atoms with Crippen LogP contribution in [0, 0.1) is 0 Å². The monoisotopic (exact) mass is 418 g/mol. The predicted molar refractivity (Wildman–Crippen MR) is 107 cm³/mol. The van der Waals surface area contributed by atoms with Crippen LogP contribution in [0.4, 0.5) is 4.79 Å². The molecule has 1 aromatic rings. The number of nitrogens with zero attached hydrogens (tertiary/aromatic N) is 1. The van der Waals surface area contributed by atoms with Crippen LogP contribution in [-0.2, 0) is 22.4 Å². The number of hydrazine groups is 1. The van der Waals surface area contributed by atoms with Gasteiger partial charge in [0.1, 0.15) is 5.54 Å². The molecule has 2 fully saturated rings. The van der Waals surface area contributed by atoms with Crippen LogP contribution in [0.25, 0.3) is 0 Å². The molecule has 0 radical (unpaired) electrons. The van der Waals surface area contributed by atoms with Crippen LogP contribution in [0.15, 0.2) is 6.07 Å². The fourth-order valence-electron chi connectivity index (χ4n) is 4.44. The molecule has 2 aliphatic carbocycles. The molecule has 156 valence electrons. The molecule has 1 aliphatic heterocycles. The van der Waals surface area contributed by atoms with Crippen LogP contribution in [0.5, 0.6) is 0 Å². The Morgan fingerprint density at radius 1 is 1.07 bits per heavy atom. The van der Waals surface area contributed by atoms with E-state index in [1.165, 1.54) is 21.8 Å². The zero-order valence-electron chi connectivity index (χ0n) is 16.3. The summed E-state index contributed by atoms with van der Waals surface area (Å²) >= 11 is 1.47. The van der Waals surface area contributed by atoms with Gasteiger partial charge in [-0.25, -0.2) is 4.79 Å². The first-order valence-electron chi connectivity index (χ1n) is 10.3. The first-order chi connectivity index (χ1) is 14.0. The molecule has 29 heavy (non-hydrogen) atoms. The van der Waals surface area contributed by atoms with Crippen molar-refractivity contribution in [3.8, 4) is 0 Å². The Bertz CT molecular complexity index is 820. The van der Waals surface area contributed by atoms with Gasteiger partial charge in [0.25, 0.3) is 11.8 Å². The Labute approximate surface area is 173 Å². The van der Waals surface area contributed by atoms with Gasteiger partial charge in [0.2, 0.25) is 5.91 Å². The zero-order chi connectivity index (χ0) is 20.4. The molecule has 3 aliphatic rings. The second kappa shape index (κ2) is 8.14. The highest BCUT2D eigenvalue weighted by molar-refractivity contribution is 7.14. The van der Waals surface area contributed by atoms with Gasteiger partial charge in [-0.2, -0.15) is 0 Å². The summed E-state index contributed by atoms with van der Waals surface area (Å²) in [6.07, 6.45) is 8.45. The number of carbonyl (C=O) groups is 4. The van der Waals surface area contributed by atoms with Crippen molar-refractivity contribution in [2.75, 3.05) is 6.54 Å². The van der Waals surface area contributed by atoms with Crippen LogP contribution in [-0.4, -0.2) is 40.7 Å². The second-order valence-corrected chi connectivity index (χ2v) is 9.18. The van der Waals surface area contributed by atoms with Crippen molar-refractivity contribution < 1.29 is 19.2 Å². The number of rotatable bonds is 4. The summed E-state index contributed by atoms with van der Waals surface area (Å²) < 4.78 is 0. The van der Waals surface area contributed by atoms with Gasteiger partial charge in [0.15, 0.2) is 0 Å². The SMILES string of the molecule is O=C(CCN1C(=O)NC2(CCCCC2)C1=O)NNC(=O)c1cc2c(s1)CCCC2. The number of imide groups is 1. The number of thiophene rings is 1. The molecular weight excluding hydrogens is 392 g/mol. The Hall–Kier alpha value is -2.42. The van der Waals surface area contributed by atoms with E-state index >= 15 is 0 Å². The minimum absolute atomic E-state index is 0.00141. The van der Waals surface area contributed by atoms with E-state index in [1.54, 1.807) is 0 Å². The second-order valence-electron chi connectivity index (χ2n) is 8.05. The van der Waals surface area contributed by atoms with Gasteiger partial charge in [-0.15, -0.1) is 11.3 Å². The van der Waals surface area contributed by atoms with Crippen LogP contribution in [0.3, 0.4) is 0 Å². The Morgan fingerprint density at radius 2 is 1.83 bits per heavy atom. The lowest BCUT2D eigenvalue weighted by atomic mass is 9.82. The Kier molecular flexibility index (Phi) is 5.58. The lowest BCUT2D eigenvalue weighted by Crippen LogP contribution is -2.48. The minimum Gasteiger partial charge on any atom is -0.323 e. The predicted octanol–water partition coefficient (Wildman–Crippen LogP) is 2.03. The van der Waals surface area contributed by atoms with Crippen LogP contribution in [0.2, 0.25) is 0 Å². The van der Waals surface area contributed by atoms with Gasteiger partial charge < -0.3 is 5.32 Å². The van der Waals surface area contributed by atoms with Crippen LogP contribution < -0.4 is 16.2 Å². The van der Waals surface area contributed by atoms with E-state index in [4.69, 9.17) is 0 Å². The third kappa shape index (κ3) is 4.01. The van der Waals surface area contributed by atoms with Crippen molar-refractivity contribution in [2.24, 2.45) is 0 Å². The summed E-state index contributed by atoms with van der Waals surface area (Å²) in [5.41, 5.74) is 5.27.